The molecule has 0 spiro atoms. The number of rotatable bonds is 4. The smallest absolute Gasteiger partial charge is 0.258 e. The first-order chi connectivity index (χ1) is 13.5. The number of carbonyl (C=O) groups excluding carboxylic acids is 1. The molecule has 1 fully saturated rings. The maximum Gasteiger partial charge on any atom is 0.258 e. The van der Waals surface area contributed by atoms with Crippen LogP contribution in [0.15, 0.2) is 41.3 Å². The predicted molar refractivity (Wildman–Crippen MR) is 108 cm³/mol. The van der Waals surface area contributed by atoms with Crippen LogP contribution in [0.1, 0.15) is 16.2 Å². The van der Waals surface area contributed by atoms with Gasteiger partial charge < -0.3 is 15.6 Å². The van der Waals surface area contributed by atoms with Crippen molar-refractivity contribution in [2.75, 3.05) is 31.1 Å². The Hall–Kier alpha value is -2.97. The largest absolute Gasteiger partial charge is 0.365 e. The number of benzene rings is 1. The van der Waals surface area contributed by atoms with Crippen LogP contribution < -0.4 is 16.2 Å². The molecule has 3 heterocycles. The van der Waals surface area contributed by atoms with Gasteiger partial charge in [0.05, 0.1) is 23.0 Å². The maximum absolute atomic E-state index is 12.3. The van der Waals surface area contributed by atoms with Gasteiger partial charge in [0, 0.05) is 37.4 Å². The Morgan fingerprint density at radius 2 is 2.00 bits per heavy atom. The van der Waals surface area contributed by atoms with E-state index in [4.69, 9.17) is 17.3 Å². The van der Waals surface area contributed by atoms with E-state index in [0.717, 1.165) is 13.1 Å². The first kappa shape index (κ1) is 18.4. The van der Waals surface area contributed by atoms with E-state index in [9.17, 15) is 9.59 Å². The number of nitrogens with zero attached hydrogens (tertiary/aromatic N) is 4. The van der Waals surface area contributed by atoms with Crippen LogP contribution in [-0.4, -0.2) is 51.9 Å². The minimum absolute atomic E-state index is 0.194. The van der Waals surface area contributed by atoms with Crippen molar-refractivity contribution in [1.82, 2.24) is 19.9 Å². The van der Waals surface area contributed by atoms with Gasteiger partial charge in [-0.1, -0.05) is 11.6 Å². The summed E-state index contributed by atoms with van der Waals surface area (Å²) in [4.78, 5) is 39.9. The highest BCUT2D eigenvalue weighted by Crippen LogP contribution is 2.19. The van der Waals surface area contributed by atoms with Crippen molar-refractivity contribution < 1.29 is 4.79 Å². The lowest BCUT2D eigenvalue weighted by molar-refractivity contribution is 0.1000. The summed E-state index contributed by atoms with van der Waals surface area (Å²) in [7, 11) is 0. The highest BCUT2D eigenvalue weighted by molar-refractivity contribution is 6.31. The van der Waals surface area contributed by atoms with Gasteiger partial charge in [-0.25, -0.2) is 9.97 Å². The Morgan fingerprint density at radius 3 is 2.75 bits per heavy atom. The third-order valence-corrected chi connectivity index (χ3v) is 5.05. The van der Waals surface area contributed by atoms with Gasteiger partial charge in [0.1, 0.15) is 11.6 Å². The highest BCUT2D eigenvalue weighted by atomic mass is 35.5. The Morgan fingerprint density at radius 1 is 1.21 bits per heavy atom. The van der Waals surface area contributed by atoms with Crippen molar-refractivity contribution >= 4 is 34.2 Å². The van der Waals surface area contributed by atoms with E-state index < -0.39 is 5.91 Å². The van der Waals surface area contributed by atoms with Crippen LogP contribution in [-0.2, 0) is 6.54 Å². The standard InChI is InChI=1S/C19H19ClN6O2/c20-12-3-4-15-14(10-12)19(28)24-16(23-15)11-25-6-8-26(9-7-25)18-13(17(21)27)2-1-5-22-18/h1-5,10H,6-9,11H2,(H2,21,27)(H,23,24,28). The molecule has 1 aliphatic rings. The number of anilines is 1. The molecular formula is C19H19ClN6O2. The number of carbonyl (C=O) groups is 1. The molecular weight excluding hydrogens is 380 g/mol. The maximum atomic E-state index is 12.3. The van der Waals surface area contributed by atoms with Crippen LogP contribution in [0.5, 0.6) is 0 Å². The number of nitrogens with one attached hydrogen (secondary N) is 1. The second kappa shape index (κ2) is 7.57. The molecule has 3 N–H and O–H groups in total. The fraction of sp³-hybridized carbons (Fsp3) is 0.263. The third-order valence-electron chi connectivity index (χ3n) is 4.81. The summed E-state index contributed by atoms with van der Waals surface area (Å²) in [6.07, 6.45) is 1.66. The zero-order valence-electron chi connectivity index (χ0n) is 15.1. The fourth-order valence-electron chi connectivity index (χ4n) is 3.41. The number of hydrogen-bond acceptors (Lipinski definition) is 6. The number of amides is 1. The first-order valence-corrected chi connectivity index (χ1v) is 9.29. The Bertz CT molecular complexity index is 1090. The number of halogens is 1. The van der Waals surface area contributed by atoms with Crippen LogP contribution in [0, 0.1) is 0 Å². The van der Waals surface area contributed by atoms with Gasteiger partial charge in [-0.15, -0.1) is 0 Å². The van der Waals surface area contributed by atoms with Gasteiger partial charge in [0.25, 0.3) is 11.5 Å². The van der Waals surface area contributed by atoms with Crippen molar-refractivity contribution in [3.05, 3.63) is 63.3 Å². The van der Waals surface area contributed by atoms with Crippen molar-refractivity contribution in [3.8, 4) is 0 Å². The van der Waals surface area contributed by atoms with Crippen molar-refractivity contribution in [2.45, 2.75) is 6.54 Å². The molecule has 1 aromatic carbocycles. The zero-order valence-corrected chi connectivity index (χ0v) is 15.8. The van der Waals surface area contributed by atoms with Crippen molar-refractivity contribution in [3.63, 3.8) is 0 Å². The quantitative estimate of drug-likeness (QED) is 0.687. The molecule has 0 unspecified atom stereocenters. The number of nitrogens with two attached hydrogens (primary N) is 1. The topological polar surface area (TPSA) is 108 Å². The van der Waals surface area contributed by atoms with Crippen LogP contribution in [0.25, 0.3) is 10.9 Å². The molecule has 0 atom stereocenters. The molecule has 0 radical (unpaired) electrons. The van der Waals surface area contributed by atoms with Crippen LogP contribution in [0.3, 0.4) is 0 Å². The molecule has 1 aliphatic heterocycles. The molecule has 1 amide bonds. The summed E-state index contributed by atoms with van der Waals surface area (Å²) >= 11 is 5.95. The first-order valence-electron chi connectivity index (χ1n) is 8.92. The SMILES string of the molecule is NC(=O)c1cccnc1N1CCN(Cc2nc3ccc(Cl)cc3c(=O)[nH]2)CC1. The third kappa shape index (κ3) is 3.69. The Labute approximate surface area is 165 Å². The van der Waals surface area contributed by atoms with Crippen LogP contribution >= 0.6 is 11.6 Å². The van der Waals surface area contributed by atoms with Gasteiger partial charge in [-0.05, 0) is 30.3 Å². The van der Waals surface area contributed by atoms with Crippen LogP contribution in [0.2, 0.25) is 5.02 Å². The molecule has 9 heteroatoms. The van der Waals surface area contributed by atoms with E-state index in [1.54, 1.807) is 36.5 Å². The summed E-state index contributed by atoms with van der Waals surface area (Å²) in [5.74, 6) is 0.747. The minimum Gasteiger partial charge on any atom is -0.365 e. The van der Waals surface area contributed by atoms with E-state index in [-0.39, 0.29) is 5.56 Å². The average molecular weight is 399 g/mol. The fourth-order valence-corrected chi connectivity index (χ4v) is 3.58. The molecule has 3 aromatic rings. The average Bonchev–Trinajstić information content (AvgIpc) is 2.69. The van der Waals surface area contributed by atoms with E-state index >= 15 is 0 Å². The normalized spacial score (nSPS) is 15.1. The lowest BCUT2D eigenvalue weighted by Crippen LogP contribution is -2.47. The summed E-state index contributed by atoms with van der Waals surface area (Å²) in [6.45, 7) is 3.43. The lowest BCUT2D eigenvalue weighted by atomic mass is 10.2. The molecule has 2 aromatic heterocycles. The Balaban J connectivity index is 1.47. The second-order valence-corrected chi connectivity index (χ2v) is 7.11. The van der Waals surface area contributed by atoms with Gasteiger partial charge in [-0.3, -0.25) is 14.5 Å². The van der Waals surface area contributed by atoms with E-state index in [0.29, 0.717) is 52.8 Å². The summed E-state index contributed by atoms with van der Waals surface area (Å²) < 4.78 is 0. The number of piperazine rings is 1. The summed E-state index contributed by atoms with van der Waals surface area (Å²) in [5, 5.41) is 0.990. The second-order valence-electron chi connectivity index (χ2n) is 6.68. The highest BCUT2D eigenvalue weighted by Gasteiger charge is 2.22. The molecule has 0 bridgehead atoms. The number of aromatic amines is 1. The predicted octanol–water partition coefficient (Wildman–Crippen LogP) is 1.39. The number of H-pyrrole nitrogens is 1. The van der Waals surface area contributed by atoms with E-state index in [1.807, 2.05) is 0 Å². The minimum atomic E-state index is -0.483. The van der Waals surface area contributed by atoms with Gasteiger partial charge in [0.15, 0.2) is 0 Å². The molecule has 28 heavy (non-hydrogen) atoms. The molecule has 0 saturated carbocycles. The number of fused-ring (bicyclic) bond motifs is 1. The Kier molecular flexibility index (Phi) is 4.97. The molecule has 144 valence electrons. The van der Waals surface area contributed by atoms with Crippen LogP contribution in [0.4, 0.5) is 5.82 Å². The summed E-state index contributed by atoms with van der Waals surface area (Å²) in [5.41, 5.74) is 6.31. The van der Waals surface area contributed by atoms with Crippen molar-refractivity contribution in [2.24, 2.45) is 5.73 Å². The van der Waals surface area contributed by atoms with Crippen molar-refractivity contribution in [1.29, 1.82) is 0 Å². The molecule has 1 saturated heterocycles. The van der Waals surface area contributed by atoms with E-state index in [2.05, 4.69) is 24.8 Å². The number of aromatic nitrogens is 3. The number of pyridine rings is 1. The summed E-state index contributed by atoms with van der Waals surface area (Å²) in [6, 6.07) is 8.49. The zero-order chi connectivity index (χ0) is 19.7. The molecule has 0 aliphatic carbocycles. The lowest BCUT2D eigenvalue weighted by Gasteiger charge is -2.35. The van der Waals surface area contributed by atoms with Gasteiger partial charge in [0.2, 0.25) is 0 Å². The molecule has 8 nitrogen and oxygen atoms in total. The number of primary amides is 1. The van der Waals surface area contributed by atoms with Gasteiger partial charge >= 0.3 is 0 Å². The van der Waals surface area contributed by atoms with Gasteiger partial charge in [-0.2, -0.15) is 0 Å². The number of hydrogen-bond donors (Lipinski definition) is 2. The monoisotopic (exact) mass is 398 g/mol. The molecule has 4 rings (SSSR count). The van der Waals surface area contributed by atoms with E-state index in [1.165, 1.54) is 0 Å².